The molecule has 47 heavy (non-hydrogen) atoms. The number of ether oxygens (including phenoxy) is 2. The predicted molar refractivity (Wildman–Crippen MR) is 174 cm³/mol. The summed E-state index contributed by atoms with van der Waals surface area (Å²) < 4.78 is 38.5. The molecule has 7 rings (SSSR count). The fourth-order valence-corrected chi connectivity index (χ4v) is 6.42. The van der Waals surface area contributed by atoms with Crippen molar-refractivity contribution in [2.75, 3.05) is 68.5 Å². The number of nitrogens with one attached hydrogen (secondary N) is 1. The number of benzene rings is 2. The van der Waals surface area contributed by atoms with Crippen molar-refractivity contribution in [2.24, 2.45) is 0 Å². The molecule has 2 aromatic heterocycles. The average Bonchev–Trinajstić information content (AvgIpc) is 3.80. The van der Waals surface area contributed by atoms with Crippen LogP contribution in [0.15, 0.2) is 42.6 Å². The van der Waals surface area contributed by atoms with Gasteiger partial charge in [0.15, 0.2) is 17.2 Å². The molecule has 2 aliphatic heterocycles. The second kappa shape index (κ2) is 13.0. The molecule has 0 amide bonds. The van der Waals surface area contributed by atoms with Gasteiger partial charge in [-0.2, -0.15) is 23.5 Å². The van der Waals surface area contributed by atoms with Crippen LogP contribution in [0, 0.1) is 11.3 Å². The predicted octanol–water partition coefficient (Wildman–Crippen LogP) is 4.61. The highest BCUT2D eigenvalue weighted by atomic mass is 35.5. The number of alkyl halides is 2. The number of anilines is 4. The third-order valence-corrected chi connectivity index (χ3v) is 9.38. The Bertz CT molecular complexity index is 1780. The molecule has 2 aromatic carbocycles. The molecule has 0 bridgehead atoms. The van der Waals surface area contributed by atoms with Gasteiger partial charge in [0.05, 0.1) is 29.7 Å². The molecule has 4 aromatic rings. The summed E-state index contributed by atoms with van der Waals surface area (Å²) in [4.78, 5) is 18.4. The summed E-state index contributed by atoms with van der Waals surface area (Å²) in [5.41, 5.74) is 2.59. The van der Waals surface area contributed by atoms with Gasteiger partial charge >= 0.3 is 6.61 Å². The van der Waals surface area contributed by atoms with Gasteiger partial charge in [0, 0.05) is 70.0 Å². The van der Waals surface area contributed by atoms with Crippen molar-refractivity contribution < 1.29 is 18.3 Å². The van der Waals surface area contributed by atoms with Crippen LogP contribution in [-0.2, 0) is 6.54 Å². The molecule has 15 heteroatoms. The maximum absolute atomic E-state index is 13.4. The highest BCUT2D eigenvalue weighted by Gasteiger charge is 2.36. The molecule has 1 N–H and O–H groups in total. The van der Waals surface area contributed by atoms with Crippen molar-refractivity contribution in [1.29, 1.82) is 5.26 Å². The van der Waals surface area contributed by atoms with E-state index in [2.05, 4.69) is 48.1 Å². The number of aromatic nitrogens is 4. The molecule has 1 aliphatic carbocycles. The molecule has 0 unspecified atom stereocenters. The van der Waals surface area contributed by atoms with Crippen LogP contribution in [0.25, 0.3) is 5.65 Å². The molecule has 0 spiro atoms. The summed E-state index contributed by atoms with van der Waals surface area (Å²) in [5.74, 6) is 1.39. The molecule has 2 saturated heterocycles. The molecule has 3 aliphatic rings. The summed E-state index contributed by atoms with van der Waals surface area (Å²) in [6.45, 7) is 2.96. The number of piperazine rings is 1. The first kappa shape index (κ1) is 31.2. The van der Waals surface area contributed by atoms with Crippen molar-refractivity contribution in [1.82, 2.24) is 29.4 Å². The van der Waals surface area contributed by atoms with Gasteiger partial charge in [-0.3, -0.25) is 4.90 Å². The van der Waals surface area contributed by atoms with Crippen LogP contribution in [0.5, 0.6) is 11.5 Å². The van der Waals surface area contributed by atoms with Crippen LogP contribution in [0.4, 0.5) is 31.9 Å². The molecule has 246 valence electrons. The first-order valence-corrected chi connectivity index (χ1v) is 16.0. The minimum absolute atomic E-state index is 0.0364. The second-order valence-electron chi connectivity index (χ2n) is 12.2. The van der Waals surface area contributed by atoms with Gasteiger partial charge < -0.3 is 29.5 Å². The topological polar surface area (TPSA) is 110 Å². The Balaban J connectivity index is 1.21. The van der Waals surface area contributed by atoms with Crippen molar-refractivity contribution in [3.63, 3.8) is 0 Å². The third-order valence-electron chi connectivity index (χ3n) is 8.99. The quantitative estimate of drug-likeness (QED) is 0.243. The number of halogens is 3. The molecule has 0 radical (unpaired) electrons. The van der Waals surface area contributed by atoms with Gasteiger partial charge in [-0.1, -0.05) is 23.7 Å². The summed E-state index contributed by atoms with van der Waals surface area (Å²) in [5, 5.41) is 17.9. The molecule has 12 nitrogen and oxygen atoms in total. The first-order chi connectivity index (χ1) is 22.8. The highest BCUT2D eigenvalue weighted by molar-refractivity contribution is 6.36. The van der Waals surface area contributed by atoms with E-state index >= 15 is 0 Å². The number of hydrogen-bond donors (Lipinski definition) is 1. The van der Waals surface area contributed by atoms with E-state index in [0.29, 0.717) is 40.4 Å². The largest absolute Gasteiger partial charge is 0.497 e. The van der Waals surface area contributed by atoms with Crippen molar-refractivity contribution in [3.05, 3.63) is 58.9 Å². The number of imidazole rings is 1. The van der Waals surface area contributed by atoms with Gasteiger partial charge in [-0.05, 0) is 37.6 Å². The Hall–Kier alpha value is -4.45. The summed E-state index contributed by atoms with van der Waals surface area (Å²) >= 11 is 6.96. The average molecular weight is 665 g/mol. The number of nitrogens with zero attached hydrogens (tertiary/aromatic N) is 9. The van der Waals surface area contributed by atoms with Crippen molar-refractivity contribution >= 4 is 40.4 Å². The lowest BCUT2D eigenvalue weighted by Crippen LogP contribution is -2.63. The first-order valence-electron chi connectivity index (χ1n) is 15.6. The number of rotatable bonds is 11. The molecular formula is C32H35ClF2N10O2. The zero-order valence-corrected chi connectivity index (χ0v) is 26.9. The van der Waals surface area contributed by atoms with Crippen LogP contribution in [0.2, 0.25) is 5.02 Å². The van der Waals surface area contributed by atoms with E-state index in [4.69, 9.17) is 26.1 Å². The summed E-state index contributed by atoms with van der Waals surface area (Å²) in [6, 6.07) is 13.5. The lowest BCUT2D eigenvalue weighted by Gasteiger charge is -2.49. The zero-order chi connectivity index (χ0) is 32.7. The van der Waals surface area contributed by atoms with Crippen LogP contribution >= 0.6 is 11.6 Å². The Labute approximate surface area is 276 Å². The third kappa shape index (κ3) is 6.56. The fraction of sp³-hybridized carbons (Fsp3) is 0.438. The van der Waals surface area contributed by atoms with Gasteiger partial charge in [0.25, 0.3) is 0 Å². The van der Waals surface area contributed by atoms with E-state index in [9.17, 15) is 14.0 Å². The van der Waals surface area contributed by atoms with Crippen LogP contribution < -0.4 is 24.6 Å². The Morgan fingerprint density at radius 3 is 2.51 bits per heavy atom. The number of hydrogen-bond acceptors (Lipinski definition) is 11. The Morgan fingerprint density at radius 2 is 1.85 bits per heavy atom. The Morgan fingerprint density at radius 1 is 1.11 bits per heavy atom. The van der Waals surface area contributed by atoms with E-state index < -0.39 is 6.61 Å². The van der Waals surface area contributed by atoms with Crippen LogP contribution in [-0.4, -0.2) is 102 Å². The fourth-order valence-electron chi connectivity index (χ4n) is 6.15. The monoisotopic (exact) mass is 664 g/mol. The van der Waals surface area contributed by atoms with Crippen LogP contribution in [0.1, 0.15) is 24.1 Å². The van der Waals surface area contributed by atoms with Crippen molar-refractivity contribution in [3.8, 4) is 17.6 Å². The smallest absolute Gasteiger partial charge is 0.387 e. The normalized spacial score (nSPS) is 17.5. The summed E-state index contributed by atoms with van der Waals surface area (Å²) in [7, 11) is 3.75. The van der Waals surface area contributed by atoms with E-state index in [1.54, 1.807) is 13.2 Å². The number of fused-ring (bicyclic) bond motifs is 1. The van der Waals surface area contributed by atoms with E-state index in [1.807, 2.05) is 24.3 Å². The summed E-state index contributed by atoms with van der Waals surface area (Å²) in [6.07, 6.45) is 3.42. The van der Waals surface area contributed by atoms with E-state index in [-0.39, 0.29) is 23.4 Å². The van der Waals surface area contributed by atoms with Gasteiger partial charge in [0.1, 0.15) is 17.6 Å². The van der Waals surface area contributed by atoms with E-state index in [0.717, 1.165) is 63.4 Å². The zero-order valence-electron chi connectivity index (χ0n) is 26.1. The van der Waals surface area contributed by atoms with Gasteiger partial charge in [-0.25, -0.2) is 4.98 Å². The van der Waals surface area contributed by atoms with Gasteiger partial charge in [0.2, 0.25) is 5.95 Å². The van der Waals surface area contributed by atoms with Crippen molar-refractivity contribution in [2.45, 2.75) is 38.1 Å². The maximum atomic E-state index is 13.4. The standard InChI is InChI=1S/C32H35ClF2N10O2/c1-41-9-11-42(12-10-41)23-18-43(19-23)27-14-25(47-31(34)35)13-26(28(27)33)38-32-39-30(29-37-16-22(15-36)45(29)40-32)44(21-5-6-21)17-20-3-7-24(46-2)8-4-20/h3-4,7-8,13-14,16,21,23,31H,5-6,9-12,17-19H2,1-2H3,(H,38,40). The van der Waals surface area contributed by atoms with E-state index in [1.165, 1.54) is 16.8 Å². The maximum Gasteiger partial charge on any atom is 0.387 e. The minimum Gasteiger partial charge on any atom is -0.497 e. The second-order valence-corrected chi connectivity index (χ2v) is 12.5. The lowest BCUT2D eigenvalue weighted by atomic mass is 10.0. The molecule has 3 fully saturated rings. The lowest BCUT2D eigenvalue weighted by molar-refractivity contribution is -0.0497. The highest BCUT2D eigenvalue weighted by Crippen LogP contribution is 2.42. The molecule has 4 heterocycles. The molecular weight excluding hydrogens is 630 g/mol. The number of methoxy groups -OCH3 is 1. The molecule has 0 atom stereocenters. The number of likely N-dealkylation sites (N-methyl/N-ethyl adjacent to an activating group) is 1. The molecule has 1 saturated carbocycles. The SMILES string of the molecule is COc1ccc(CN(c2nc(Nc3cc(OC(F)F)cc(N4CC(N5CCN(C)CC5)C4)c3Cl)nn3c(C#N)cnc23)C2CC2)cc1. The Kier molecular flexibility index (Phi) is 8.61. The minimum atomic E-state index is -3.01. The van der Waals surface area contributed by atoms with Gasteiger partial charge in [-0.15, -0.1) is 5.10 Å². The number of nitriles is 1. The van der Waals surface area contributed by atoms with Crippen LogP contribution in [0.3, 0.4) is 0 Å².